The Morgan fingerprint density at radius 1 is 1.18 bits per heavy atom. The monoisotopic (exact) mass is 313 g/mol. The van der Waals surface area contributed by atoms with Crippen LogP contribution in [0.2, 0.25) is 0 Å². The zero-order chi connectivity index (χ0) is 15.4. The second-order valence-electron chi connectivity index (χ2n) is 4.69. The largest absolute Gasteiger partial charge is 0.396 e. The molecule has 0 saturated carbocycles. The molecule has 5 nitrogen and oxygen atoms in total. The molecule has 112 valence electrons. The molecular weight excluding hydrogens is 298 g/mol. The van der Waals surface area contributed by atoms with E-state index < -0.39 is 0 Å². The summed E-state index contributed by atoms with van der Waals surface area (Å²) in [4.78, 5) is 21.5. The Morgan fingerprint density at radius 2 is 2.05 bits per heavy atom. The molecule has 0 radical (unpaired) electrons. The molecule has 6 heteroatoms. The van der Waals surface area contributed by atoms with Gasteiger partial charge < -0.3 is 5.11 Å². The van der Waals surface area contributed by atoms with E-state index in [-0.39, 0.29) is 12.2 Å². The molecule has 22 heavy (non-hydrogen) atoms. The number of aromatic nitrogens is 3. The van der Waals surface area contributed by atoms with Crippen molar-refractivity contribution < 1.29 is 5.11 Å². The van der Waals surface area contributed by atoms with Crippen molar-refractivity contribution in [2.24, 2.45) is 0 Å². The van der Waals surface area contributed by atoms with E-state index in [9.17, 15) is 4.79 Å². The lowest BCUT2D eigenvalue weighted by atomic mass is 10.2. The fourth-order valence-corrected chi connectivity index (χ4v) is 3.09. The Labute approximate surface area is 131 Å². The van der Waals surface area contributed by atoms with Gasteiger partial charge in [0.1, 0.15) is 0 Å². The van der Waals surface area contributed by atoms with Crippen LogP contribution in [0, 0.1) is 0 Å². The molecule has 0 spiro atoms. The molecule has 2 aromatic heterocycles. The number of para-hydroxylation sites is 1. The zero-order valence-corrected chi connectivity index (χ0v) is 12.7. The first kappa shape index (κ1) is 14.7. The first-order valence-corrected chi connectivity index (χ1v) is 7.95. The van der Waals surface area contributed by atoms with Crippen LogP contribution in [0.1, 0.15) is 6.42 Å². The van der Waals surface area contributed by atoms with Gasteiger partial charge in [-0.2, -0.15) is 0 Å². The fourth-order valence-electron chi connectivity index (χ4n) is 2.15. The fraction of sp³-hybridized carbons (Fsp3) is 0.188. The molecule has 3 rings (SSSR count). The van der Waals surface area contributed by atoms with Gasteiger partial charge in [-0.1, -0.05) is 23.9 Å². The van der Waals surface area contributed by atoms with Gasteiger partial charge in [-0.15, -0.1) is 0 Å². The number of pyridine rings is 1. The number of aliphatic hydroxyl groups excluding tert-OH is 1. The quantitative estimate of drug-likeness (QED) is 0.444. The number of rotatable bonds is 5. The predicted octanol–water partition coefficient (Wildman–Crippen LogP) is 2.26. The topological polar surface area (TPSA) is 68.0 Å². The highest BCUT2D eigenvalue weighted by Gasteiger charge is 2.12. The third kappa shape index (κ3) is 2.88. The maximum atomic E-state index is 12.8. The maximum Gasteiger partial charge on any atom is 0.266 e. The molecule has 0 atom stereocenters. The van der Waals surface area contributed by atoms with Gasteiger partial charge in [-0.05, 0) is 30.7 Å². The lowest BCUT2D eigenvalue weighted by molar-refractivity contribution is 0.296. The van der Waals surface area contributed by atoms with Crippen LogP contribution in [0.3, 0.4) is 0 Å². The summed E-state index contributed by atoms with van der Waals surface area (Å²) in [5.74, 6) is 0.696. The highest BCUT2D eigenvalue weighted by atomic mass is 32.2. The van der Waals surface area contributed by atoms with Gasteiger partial charge in [-0.3, -0.25) is 14.3 Å². The number of hydrogen-bond donors (Lipinski definition) is 1. The molecule has 0 aliphatic carbocycles. The smallest absolute Gasteiger partial charge is 0.266 e. The van der Waals surface area contributed by atoms with Gasteiger partial charge >= 0.3 is 0 Å². The molecule has 0 amide bonds. The summed E-state index contributed by atoms with van der Waals surface area (Å²) in [6.07, 6.45) is 3.97. The molecule has 1 N–H and O–H groups in total. The van der Waals surface area contributed by atoms with E-state index in [0.717, 1.165) is 0 Å². The molecule has 0 bridgehead atoms. The van der Waals surface area contributed by atoms with Crippen molar-refractivity contribution in [3.63, 3.8) is 0 Å². The van der Waals surface area contributed by atoms with Crippen LogP contribution in [0.5, 0.6) is 0 Å². The number of nitrogens with zero attached hydrogens (tertiary/aromatic N) is 3. The number of fused-ring (bicyclic) bond motifs is 1. The van der Waals surface area contributed by atoms with Crippen LogP contribution in [-0.2, 0) is 0 Å². The molecular formula is C16H15N3O2S. The summed E-state index contributed by atoms with van der Waals surface area (Å²) in [5.41, 5.74) is 1.27. The summed E-state index contributed by atoms with van der Waals surface area (Å²) >= 11 is 1.46. The number of hydrogen-bond acceptors (Lipinski definition) is 5. The van der Waals surface area contributed by atoms with E-state index in [2.05, 4.69) is 9.97 Å². The second-order valence-corrected chi connectivity index (χ2v) is 5.75. The summed E-state index contributed by atoms with van der Waals surface area (Å²) in [6.45, 7) is 0.123. The summed E-state index contributed by atoms with van der Waals surface area (Å²) in [6, 6.07) is 10.9. The van der Waals surface area contributed by atoms with E-state index in [1.807, 2.05) is 24.3 Å². The van der Waals surface area contributed by atoms with Crippen molar-refractivity contribution in [1.29, 1.82) is 0 Å². The van der Waals surface area contributed by atoms with E-state index in [4.69, 9.17) is 5.11 Å². The Hall–Kier alpha value is -2.18. The van der Waals surface area contributed by atoms with Crippen LogP contribution >= 0.6 is 11.8 Å². The van der Waals surface area contributed by atoms with Crippen molar-refractivity contribution in [2.75, 3.05) is 12.4 Å². The van der Waals surface area contributed by atoms with Crippen LogP contribution in [0.15, 0.2) is 58.7 Å². The Balaban J connectivity index is 2.20. The number of aliphatic hydroxyl groups is 1. The maximum absolute atomic E-state index is 12.8. The lowest BCUT2D eigenvalue weighted by Gasteiger charge is -2.12. The van der Waals surface area contributed by atoms with Gasteiger partial charge in [0.15, 0.2) is 5.16 Å². The van der Waals surface area contributed by atoms with Crippen molar-refractivity contribution in [3.05, 3.63) is 59.1 Å². The van der Waals surface area contributed by atoms with Crippen LogP contribution in [0.4, 0.5) is 0 Å². The summed E-state index contributed by atoms with van der Waals surface area (Å²) in [5, 5.41) is 10.1. The molecule has 0 aliphatic heterocycles. The average Bonchev–Trinajstić information content (AvgIpc) is 2.56. The standard InChI is InChI=1S/C16H15N3O2S/c20-9-4-10-22-16-18-14-7-2-1-6-13(14)15(21)19(16)12-5-3-8-17-11-12/h1-3,5-8,11,20H,4,9-10H2. The third-order valence-electron chi connectivity index (χ3n) is 3.18. The van der Waals surface area contributed by atoms with Gasteiger partial charge in [0.2, 0.25) is 0 Å². The number of thioether (sulfide) groups is 1. The Bertz CT molecular complexity index is 834. The molecule has 2 heterocycles. The highest BCUT2D eigenvalue weighted by Crippen LogP contribution is 2.21. The molecule has 0 aliphatic rings. The first-order valence-electron chi connectivity index (χ1n) is 6.97. The highest BCUT2D eigenvalue weighted by molar-refractivity contribution is 7.99. The van der Waals surface area contributed by atoms with Crippen molar-refractivity contribution >= 4 is 22.7 Å². The minimum atomic E-state index is -0.106. The predicted molar refractivity (Wildman–Crippen MR) is 87.6 cm³/mol. The minimum absolute atomic E-state index is 0.106. The van der Waals surface area contributed by atoms with Gasteiger partial charge in [0.25, 0.3) is 5.56 Å². The third-order valence-corrected chi connectivity index (χ3v) is 4.21. The van der Waals surface area contributed by atoms with Gasteiger partial charge in [0, 0.05) is 18.6 Å². The van der Waals surface area contributed by atoms with E-state index in [0.29, 0.717) is 33.9 Å². The van der Waals surface area contributed by atoms with Crippen molar-refractivity contribution in [3.8, 4) is 5.69 Å². The van der Waals surface area contributed by atoms with Gasteiger partial charge in [-0.25, -0.2) is 4.98 Å². The first-order chi connectivity index (χ1) is 10.8. The van der Waals surface area contributed by atoms with Crippen LogP contribution in [-0.4, -0.2) is 32.0 Å². The number of benzene rings is 1. The van der Waals surface area contributed by atoms with E-state index >= 15 is 0 Å². The summed E-state index contributed by atoms with van der Waals surface area (Å²) < 4.78 is 1.58. The molecule has 3 aromatic rings. The van der Waals surface area contributed by atoms with Crippen LogP contribution in [0.25, 0.3) is 16.6 Å². The average molecular weight is 313 g/mol. The van der Waals surface area contributed by atoms with Crippen molar-refractivity contribution in [2.45, 2.75) is 11.6 Å². The molecule has 1 aromatic carbocycles. The Kier molecular flexibility index (Phi) is 4.50. The SMILES string of the molecule is O=c1c2ccccc2nc(SCCCO)n1-c1cccnc1. The minimum Gasteiger partial charge on any atom is -0.396 e. The molecule has 0 fully saturated rings. The molecule has 0 saturated heterocycles. The Morgan fingerprint density at radius 3 is 2.82 bits per heavy atom. The van der Waals surface area contributed by atoms with Crippen molar-refractivity contribution in [1.82, 2.24) is 14.5 Å². The van der Waals surface area contributed by atoms with Crippen LogP contribution < -0.4 is 5.56 Å². The van der Waals surface area contributed by atoms with E-state index in [1.54, 1.807) is 29.1 Å². The normalized spacial score (nSPS) is 11.0. The van der Waals surface area contributed by atoms with E-state index in [1.165, 1.54) is 11.8 Å². The van der Waals surface area contributed by atoms with Gasteiger partial charge in [0.05, 0.1) is 22.8 Å². The second kappa shape index (κ2) is 6.72. The zero-order valence-electron chi connectivity index (χ0n) is 11.8. The molecule has 0 unspecified atom stereocenters. The lowest BCUT2D eigenvalue weighted by Crippen LogP contribution is -2.22. The summed E-state index contributed by atoms with van der Waals surface area (Å²) in [7, 11) is 0.